The zero-order valence-electron chi connectivity index (χ0n) is 13.0. The largest absolute Gasteiger partial charge is 0.493 e. The molecule has 0 radical (unpaired) electrons. The van der Waals surface area contributed by atoms with Crippen molar-refractivity contribution in [3.8, 4) is 11.5 Å². The van der Waals surface area contributed by atoms with E-state index in [1.165, 1.54) is 5.56 Å². The Kier molecular flexibility index (Phi) is 3.28. The van der Waals surface area contributed by atoms with Gasteiger partial charge in [-0.25, -0.2) is 0 Å². The molecule has 0 amide bonds. The van der Waals surface area contributed by atoms with Crippen LogP contribution in [0.25, 0.3) is 0 Å². The van der Waals surface area contributed by atoms with Crippen LogP contribution in [0.5, 0.6) is 11.5 Å². The van der Waals surface area contributed by atoms with Crippen molar-refractivity contribution in [2.45, 2.75) is 37.0 Å². The molecule has 4 rings (SSSR count). The normalized spacial score (nSPS) is 31.0. The highest BCUT2D eigenvalue weighted by Crippen LogP contribution is 2.55. The first-order valence-corrected chi connectivity index (χ1v) is 8.25. The molecule has 0 fully saturated rings. The molecule has 5 nitrogen and oxygen atoms in total. The molecule has 0 aromatic heterocycles. The van der Waals surface area contributed by atoms with Gasteiger partial charge in [-0.2, -0.15) is 0 Å². The number of thiocarbonyl (C=S) groups is 1. The fourth-order valence-electron chi connectivity index (χ4n) is 4.12. The van der Waals surface area contributed by atoms with E-state index >= 15 is 0 Å². The van der Waals surface area contributed by atoms with E-state index in [9.17, 15) is 5.11 Å². The summed E-state index contributed by atoms with van der Waals surface area (Å²) in [6.45, 7) is 1.45. The monoisotopic (exact) mass is 332 g/mol. The van der Waals surface area contributed by atoms with Crippen molar-refractivity contribution in [2.24, 2.45) is 5.73 Å². The van der Waals surface area contributed by atoms with E-state index in [0.717, 1.165) is 30.0 Å². The summed E-state index contributed by atoms with van der Waals surface area (Å²) in [5.41, 5.74) is 7.98. The molecule has 122 valence electrons. The van der Waals surface area contributed by atoms with Crippen molar-refractivity contribution in [3.63, 3.8) is 0 Å². The lowest BCUT2D eigenvalue weighted by Crippen LogP contribution is -2.43. The molecule has 3 atom stereocenters. The van der Waals surface area contributed by atoms with Gasteiger partial charge in [0.05, 0.1) is 18.6 Å². The van der Waals surface area contributed by atoms with Crippen LogP contribution in [0.2, 0.25) is 0 Å². The van der Waals surface area contributed by atoms with Crippen molar-refractivity contribution in [2.75, 3.05) is 13.7 Å². The third kappa shape index (κ3) is 2.05. The maximum absolute atomic E-state index is 10.0. The predicted octanol–water partition coefficient (Wildman–Crippen LogP) is 1.46. The molecule has 1 aromatic carbocycles. The van der Waals surface area contributed by atoms with Gasteiger partial charge in [0.1, 0.15) is 6.10 Å². The maximum atomic E-state index is 10.0. The first-order chi connectivity index (χ1) is 11.0. The van der Waals surface area contributed by atoms with Crippen LogP contribution < -0.4 is 15.2 Å². The summed E-state index contributed by atoms with van der Waals surface area (Å²) in [7, 11) is 1.65. The number of nitrogens with zero attached hydrogens (tertiary/aromatic N) is 1. The summed E-state index contributed by atoms with van der Waals surface area (Å²) in [4.78, 5) is 2.03. The van der Waals surface area contributed by atoms with Gasteiger partial charge < -0.3 is 25.2 Å². The quantitative estimate of drug-likeness (QED) is 0.599. The summed E-state index contributed by atoms with van der Waals surface area (Å²) in [6.07, 6.45) is 4.88. The van der Waals surface area contributed by atoms with Crippen LogP contribution in [0.1, 0.15) is 24.0 Å². The number of ether oxygens (including phenoxy) is 2. The Hall–Kier alpha value is -1.79. The summed E-state index contributed by atoms with van der Waals surface area (Å²) >= 11 is 5.20. The van der Waals surface area contributed by atoms with Crippen molar-refractivity contribution in [1.29, 1.82) is 0 Å². The van der Waals surface area contributed by atoms with Gasteiger partial charge >= 0.3 is 0 Å². The Bertz CT molecular complexity index is 705. The lowest BCUT2D eigenvalue weighted by molar-refractivity contribution is 0.0833. The van der Waals surface area contributed by atoms with E-state index in [0.29, 0.717) is 18.1 Å². The number of methoxy groups -OCH3 is 1. The van der Waals surface area contributed by atoms with Gasteiger partial charge in [-0.3, -0.25) is 0 Å². The van der Waals surface area contributed by atoms with E-state index in [-0.39, 0.29) is 11.5 Å². The third-order valence-corrected chi connectivity index (χ3v) is 5.53. The fraction of sp³-hybridized carbons (Fsp3) is 0.471. The van der Waals surface area contributed by atoms with Crippen LogP contribution >= 0.6 is 12.2 Å². The molecular weight excluding hydrogens is 312 g/mol. The molecule has 23 heavy (non-hydrogen) atoms. The SMILES string of the molecule is COc1ccc2c3c1O[C@@H]1C[C@H](O)C=C[C@]31CCN(C(N)=S)C2. The second kappa shape index (κ2) is 5.11. The molecule has 1 aromatic rings. The molecule has 0 saturated heterocycles. The molecule has 2 aliphatic heterocycles. The molecule has 1 spiro atoms. The van der Waals surface area contributed by atoms with Crippen molar-refractivity contribution in [3.05, 3.63) is 35.4 Å². The van der Waals surface area contributed by atoms with Crippen molar-refractivity contribution >= 4 is 17.3 Å². The Balaban J connectivity index is 1.92. The van der Waals surface area contributed by atoms with Crippen LogP contribution in [-0.2, 0) is 12.0 Å². The molecular formula is C17H20N2O3S. The van der Waals surface area contributed by atoms with Crippen LogP contribution in [0.15, 0.2) is 24.3 Å². The van der Waals surface area contributed by atoms with E-state index in [1.807, 2.05) is 17.0 Å². The average molecular weight is 332 g/mol. The maximum Gasteiger partial charge on any atom is 0.166 e. The van der Waals surface area contributed by atoms with Gasteiger partial charge in [-0.1, -0.05) is 18.2 Å². The summed E-state index contributed by atoms with van der Waals surface area (Å²) in [5, 5.41) is 10.4. The van der Waals surface area contributed by atoms with E-state index in [4.69, 9.17) is 27.4 Å². The van der Waals surface area contributed by atoms with E-state index < -0.39 is 6.10 Å². The molecule has 0 saturated carbocycles. The first-order valence-electron chi connectivity index (χ1n) is 7.84. The Morgan fingerprint density at radius 2 is 2.35 bits per heavy atom. The molecule has 3 aliphatic rings. The van der Waals surface area contributed by atoms with Gasteiger partial charge in [0.2, 0.25) is 0 Å². The number of rotatable bonds is 1. The van der Waals surface area contributed by atoms with Gasteiger partial charge in [0.25, 0.3) is 0 Å². The molecule has 6 heteroatoms. The predicted molar refractivity (Wildman–Crippen MR) is 90.7 cm³/mol. The highest BCUT2D eigenvalue weighted by atomic mass is 32.1. The second-order valence-corrected chi connectivity index (χ2v) is 6.87. The van der Waals surface area contributed by atoms with Crippen molar-refractivity contribution in [1.82, 2.24) is 4.90 Å². The highest BCUT2D eigenvalue weighted by molar-refractivity contribution is 7.80. The van der Waals surface area contributed by atoms with Crippen LogP contribution in [0, 0.1) is 0 Å². The number of nitrogens with two attached hydrogens (primary N) is 1. The van der Waals surface area contributed by atoms with Gasteiger partial charge in [-0.15, -0.1) is 0 Å². The lowest BCUT2D eigenvalue weighted by Gasteiger charge is -2.35. The standard InChI is InChI=1S/C17H20N2O3S/c1-21-12-3-2-10-9-19(16(18)23)7-6-17-5-4-11(20)8-13(17)22-15(12)14(10)17/h2-5,11,13,20H,6-9H2,1H3,(H2,18,23)/t11-,13-,17-/m1/s1. The lowest BCUT2D eigenvalue weighted by atomic mass is 9.69. The average Bonchev–Trinajstić information content (AvgIpc) is 2.75. The summed E-state index contributed by atoms with van der Waals surface area (Å²) < 4.78 is 11.7. The third-order valence-electron chi connectivity index (χ3n) is 5.27. The number of hydrogen-bond donors (Lipinski definition) is 2. The van der Waals surface area contributed by atoms with Crippen LogP contribution in [0.4, 0.5) is 0 Å². The minimum Gasteiger partial charge on any atom is -0.493 e. The topological polar surface area (TPSA) is 68.0 Å². The number of hydrogen-bond acceptors (Lipinski definition) is 4. The van der Waals surface area contributed by atoms with Crippen LogP contribution in [-0.4, -0.2) is 41.0 Å². The second-order valence-electron chi connectivity index (χ2n) is 6.45. The minimum absolute atomic E-state index is 0.0844. The van der Waals surface area contributed by atoms with Gasteiger partial charge in [0.15, 0.2) is 16.6 Å². The zero-order valence-corrected chi connectivity index (χ0v) is 13.8. The Labute approximate surface area is 140 Å². The summed E-state index contributed by atoms with van der Waals surface area (Å²) in [6, 6.07) is 4.00. The van der Waals surface area contributed by atoms with Crippen molar-refractivity contribution < 1.29 is 14.6 Å². The molecule has 3 N–H and O–H groups in total. The number of benzene rings is 1. The molecule has 0 bridgehead atoms. The Morgan fingerprint density at radius 3 is 3.09 bits per heavy atom. The van der Waals surface area contributed by atoms with Gasteiger partial charge in [0, 0.05) is 25.1 Å². The first kappa shape index (κ1) is 14.8. The molecule has 2 heterocycles. The number of aliphatic hydroxyl groups is 1. The highest BCUT2D eigenvalue weighted by Gasteiger charge is 2.52. The van der Waals surface area contributed by atoms with E-state index in [2.05, 4.69) is 12.1 Å². The molecule has 1 aliphatic carbocycles. The Morgan fingerprint density at radius 1 is 1.52 bits per heavy atom. The summed E-state index contributed by atoms with van der Waals surface area (Å²) in [5.74, 6) is 1.54. The van der Waals surface area contributed by atoms with Gasteiger partial charge in [-0.05, 0) is 30.3 Å². The molecule has 0 unspecified atom stereocenters. The van der Waals surface area contributed by atoms with Crippen LogP contribution in [0.3, 0.4) is 0 Å². The fourth-order valence-corrected chi connectivity index (χ4v) is 4.28. The number of aliphatic hydroxyl groups excluding tert-OH is 1. The van der Waals surface area contributed by atoms with E-state index in [1.54, 1.807) is 7.11 Å². The zero-order chi connectivity index (χ0) is 16.2. The minimum atomic E-state index is -0.468. The smallest absolute Gasteiger partial charge is 0.166 e.